The molecule has 35 heavy (non-hydrogen) atoms. The number of piperazine rings is 1. The van der Waals surface area contributed by atoms with Crippen molar-refractivity contribution in [3.05, 3.63) is 60.2 Å². The van der Waals surface area contributed by atoms with Crippen molar-refractivity contribution in [3.8, 4) is 22.6 Å². The lowest BCUT2D eigenvalue weighted by atomic mass is 10.1. The fraction of sp³-hybridized carbons (Fsp3) is 0.346. The van der Waals surface area contributed by atoms with Crippen LogP contribution in [0.1, 0.15) is 5.56 Å². The molecular weight excluding hydrogens is 444 g/mol. The Balaban J connectivity index is 1.48. The minimum atomic E-state index is -0.104. The fourth-order valence-corrected chi connectivity index (χ4v) is 4.30. The van der Waals surface area contributed by atoms with Crippen LogP contribution in [0, 0.1) is 0 Å². The van der Waals surface area contributed by atoms with Gasteiger partial charge in [-0.2, -0.15) is 0 Å². The Morgan fingerprint density at radius 1 is 0.971 bits per heavy atom. The zero-order valence-electron chi connectivity index (χ0n) is 19.6. The normalized spacial score (nSPS) is 16.3. The summed E-state index contributed by atoms with van der Waals surface area (Å²) in [6.45, 7) is 5.77. The van der Waals surface area contributed by atoms with Gasteiger partial charge < -0.3 is 30.3 Å². The van der Waals surface area contributed by atoms with Gasteiger partial charge in [0.15, 0.2) is 5.82 Å². The second-order valence-electron chi connectivity index (χ2n) is 8.64. The number of amides is 2. The van der Waals surface area contributed by atoms with Crippen LogP contribution in [0.4, 0.5) is 16.3 Å². The number of nitrogens with zero attached hydrogens (tertiary/aromatic N) is 4. The number of aromatic nitrogens is 2. The molecule has 0 saturated carbocycles. The van der Waals surface area contributed by atoms with E-state index < -0.39 is 0 Å². The number of urea groups is 1. The fourth-order valence-electron chi connectivity index (χ4n) is 4.30. The summed E-state index contributed by atoms with van der Waals surface area (Å²) in [7, 11) is 0. The topological polar surface area (TPSA) is 103 Å². The summed E-state index contributed by atoms with van der Waals surface area (Å²) >= 11 is 0. The molecule has 2 aliphatic rings. The van der Waals surface area contributed by atoms with E-state index in [0.717, 1.165) is 54.4 Å². The predicted molar refractivity (Wildman–Crippen MR) is 135 cm³/mol. The molecule has 2 fully saturated rings. The van der Waals surface area contributed by atoms with Crippen molar-refractivity contribution >= 4 is 17.5 Å². The number of benzene rings is 2. The van der Waals surface area contributed by atoms with Gasteiger partial charge in [-0.25, -0.2) is 14.8 Å². The molecule has 0 spiro atoms. The van der Waals surface area contributed by atoms with Gasteiger partial charge in [0, 0.05) is 62.1 Å². The molecule has 3 N–H and O–H groups in total. The Kier molecular flexibility index (Phi) is 7.17. The largest absolute Gasteiger partial charge is 0.392 e. The first-order chi connectivity index (χ1) is 17.2. The number of aliphatic hydroxyl groups excluding tert-OH is 1. The number of nitrogens with one attached hydrogen (secondary N) is 2. The van der Waals surface area contributed by atoms with Gasteiger partial charge in [0.2, 0.25) is 0 Å². The average molecular weight is 475 g/mol. The highest BCUT2D eigenvalue weighted by Gasteiger charge is 2.18. The van der Waals surface area contributed by atoms with Crippen molar-refractivity contribution in [2.24, 2.45) is 0 Å². The molecule has 9 heteroatoms. The monoisotopic (exact) mass is 474 g/mol. The van der Waals surface area contributed by atoms with Crippen molar-refractivity contribution in [1.82, 2.24) is 20.2 Å². The number of aliphatic hydroxyl groups is 1. The summed E-state index contributed by atoms with van der Waals surface area (Å²) in [5.74, 6) is 1.41. The van der Waals surface area contributed by atoms with Crippen LogP contribution < -0.4 is 15.5 Å². The summed E-state index contributed by atoms with van der Waals surface area (Å²) in [6.07, 6.45) is 0. The maximum absolute atomic E-state index is 12.7. The molecule has 3 heterocycles. The SMILES string of the molecule is O=C(Nc1cccc(-c2nc(-c3cccc(CO)c3)cc(N3CCOCC3)n2)c1)N1CCNCC1. The van der Waals surface area contributed by atoms with E-state index in [9.17, 15) is 9.90 Å². The van der Waals surface area contributed by atoms with Crippen molar-refractivity contribution in [2.45, 2.75) is 6.61 Å². The number of morpholine rings is 1. The summed E-state index contributed by atoms with van der Waals surface area (Å²) < 4.78 is 5.52. The van der Waals surface area contributed by atoms with E-state index in [1.807, 2.05) is 59.5 Å². The molecule has 1 aromatic heterocycles. The summed E-state index contributed by atoms with van der Waals surface area (Å²) in [6, 6.07) is 17.3. The average Bonchev–Trinajstić information content (AvgIpc) is 2.94. The molecule has 0 aliphatic carbocycles. The Morgan fingerprint density at radius 2 is 1.74 bits per heavy atom. The Bertz CT molecular complexity index is 1180. The minimum Gasteiger partial charge on any atom is -0.392 e. The van der Waals surface area contributed by atoms with Crippen LogP contribution in [0.3, 0.4) is 0 Å². The zero-order valence-corrected chi connectivity index (χ0v) is 19.6. The molecular formula is C26H30N6O3. The molecule has 2 aliphatic heterocycles. The van der Waals surface area contributed by atoms with Crippen molar-refractivity contribution in [2.75, 3.05) is 62.7 Å². The smallest absolute Gasteiger partial charge is 0.321 e. The first kappa shape index (κ1) is 23.2. The van der Waals surface area contributed by atoms with E-state index in [1.165, 1.54) is 0 Å². The zero-order chi connectivity index (χ0) is 24.0. The molecule has 182 valence electrons. The molecule has 0 radical (unpaired) electrons. The Hall–Kier alpha value is -3.53. The van der Waals surface area contributed by atoms with E-state index >= 15 is 0 Å². The lowest BCUT2D eigenvalue weighted by molar-refractivity contribution is 0.122. The maximum atomic E-state index is 12.7. The lowest BCUT2D eigenvalue weighted by Crippen LogP contribution is -2.48. The van der Waals surface area contributed by atoms with E-state index in [2.05, 4.69) is 15.5 Å². The number of anilines is 2. The second kappa shape index (κ2) is 10.8. The molecule has 2 saturated heterocycles. The van der Waals surface area contributed by atoms with Gasteiger partial charge in [0.1, 0.15) is 5.82 Å². The molecule has 3 aromatic rings. The van der Waals surface area contributed by atoms with Crippen LogP contribution in [0.2, 0.25) is 0 Å². The highest BCUT2D eigenvalue weighted by molar-refractivity contribution is 5.90. The molecule has 2 amide bonds. The first-order valence-corrected chi connectivity index (χ1v) is 12.0. The summed E-state index contributed by atoms with van der Waals surface area (Å²) in [4.78, 5) is 26.5. The number of ether oxygens (including phenoxy) is 1. The standard InChI is InChI=1S/C26H30N6O3/c33-18-19-3-1-4-20(15-19)23-17-24(31-11-13-35-14-12-31)30-25(29-23)21-5-2-6-22(16-21)28-26(34)32-9-7-27-8-10-32/h1-6,15-17,27,33H,7-14,18H2,(H,28,34). The lowest BCUT2D eigenvalue weighted by Gasteiger charge is -2.28. The molecule has 0 bridgehead atoms. The quantitative estimate of drug-likeness (QED) is 0.522. The molecule has 0 unspecified atom stereocenters. The number of carbonyl (C=O) groups excluding carboxylic acids is 1. The summed E-state index contributed by atoms with van der Waals surface area (Å²) in [5, 5.41) is 15.9. The van der Waals surface area contributed by atoms with Crippen LogP contribution in [0.25, 0.3) is 22.6 Å². The van der Waals surface area contributed by atoms with Gasteiger partial charge in [-0.1, -0.05) is 30.3 Å². The third kappa shape index (κ3) is 5.59. The van der Waals surface area contributed by atoms with E-state index in [0.29, 0.717) is 37.8 Å². The number of rotatable bonds is 5. The summed E-state index contributed by atoms with van der Waals surface area (Å²) in [5.41, 5.74) is 4.04. The van der Waals surface area contributed by atoms with Crippen LogP contribution in [-0.2, 0) is 11.3 Å². The van der Waals surface area contributed by atoms with Gasteiger partial charge in [0.05, 0.1) is 25.5 Å². The van der Waals surface area contributed by atoms with Gasteiger partial charge >= 0.3 is 6.03 Å². The van der Waals surface area contributed by atoms with E-state index in [-0.39, 0.29) is 12.6 Å². The van der Waals surface area contributed by atoms with Crippen molar-refractivity contribution < 1.29 is 14.6 Å². The van der Waals surface area contributed by atoms with Crippen LogP contribution in [0.15, 0.2) is 54.6 Å². The van der Waals surface area contributed by atoms with Gasteiger partial charge in [-0.05, 0) is 23.8 Å². The number of hydrogen-bond acceptors (Lipinski definition) is 7. The van der Waals surface area contributed by atoms with E-state index in [1.54, 1.807) is 0 Å². The third-order valence-electron chi connectivity index (χ3n) is 6.23. The van der Waals surface area contributed by atoms with E-state index in [4.69, 9.17) is 14.7 Å². The van der Waals surface area contributed by atoms with Gasteiger partial charge in [0.25, 0.3) is 0 Å². The molecule has 5 rings (SSSR count). The Labute approximate surface area is 204 Å². The van der Waals surface area contributed by atoms with Crippen LogP contribution >= 0.6 is 0 Å². The van der Waals surface area contributed by atoms with Gasteiger partial charge in [-0.3, -0.25) is 0 Å². The molecule has 0 atom stereocenters. The second-order valence-corrected chi connectivity index (χ2v) is 8.64. The van der Waals surface area contributed by atoms with Crippen molar-refractivity contribution in [3.63, 3.8) is 0 Å². The highest BCUT2D eigenvalue weighted by Crippen LogP contribution is 2.28. The molecule has 9 nitrogen and oxygen atoms in total. The predicted octanol–water partition coefficient (Wildman–Crippen LogP) is 2.58. The van der Waals surface area contributed by atoms with Gasteiger partial charge in [-0.15, -0.1) is 0 Å². The maximum Gasteiger partial charge on any atom is 0.321 e. The van der Waals surface area contributed by atoms with Crippen LogP contribution in [-0.4, -0.2) is 78.5 Å². The third-order valence-corrected chi connectivity index (χ3v) is 6.23. The Morgan fingerprint density at radius 3 is 2.54 bits per heavy atom. The minimum absolute atomic E-state index is 0.0308. The number of carbonyl (C=O) groups is 1. The number of hydrogen-bond donors (Lipinski definition) is 3. The molecule has 2 aromatic carbocycles. The highest BCUT2D eigenvalue weighted by atomic mass is 16.5. The van der Waals surface area contributed by atoms with Crippen LogP contribution in [0.5, 0.6) is 0 Å². The first-order valence-electron chi connectivity index (χ1n) is 12.0. The van der Waals surface area contributed by atoms with Crippen molar-refractivity contribution in [1.29, 1.82) is 0 Å².